The fraction of sp³-hybridized carbons (Fsp3) is 0.350. The van der Waals surface area contributed by atoms with E-state index in [1.807, 2.05) is 12.4 Å². The van der Waals surface area contributed by atoms with E-state index in [-0.39, 0.29) is 0 Å². The third-order valence-corrected chi connectivity index (χ3v) is 4.33. The highest BCUT2D eigenvalue weighted by molar-refractivity contribution is 5.53. The highest BCUT2D eigenvalue weighted by atomic mass is 15.3. The third-order valence-electron chi connectivity index (χ3n) is 4.33. The summed E-state index contributed by atoms with van der Waals surface area (Å²) in [5.41, 5.74) is 5.33. The number of aromatic nitrogens is 1. The fourth-order valence-corrected chi connectivity index (χ4v) is 3.16. The average molecular weight is 307 g/mol. The number of aryl methyl sites for hydroxylation is 1. The van der Waals surface area contributed by atoms with Crippen molar-refractivity contribution in [2.24, 2.45) is 0 Å². The Morgan fingerprint density at radius 3 is 2.52 bits per heavy atom. The Bertz CT molecular complexity index is 656. The monoisotopic (exact) mass is 307 g/mol. The number of nitrogens with zero attached hydrogens (tertiary/aromatic N) is 3. The SMILES string of the molecule is C/C(=C\c1cccc(C)c1)CN1CCN(c2ccncc2)CC1. The molecule has 2 heterocycles. The Balaban J connectivity index is 1.54. The second-order valence-electron chi connectivity index (χ2n) is 6.37. The van der Waals surface area contributed by atoms with E-state index >= 15 is 0 Å². The van der Waals surface area contributed by atoms with Crippen LogP contribution in [0.3, 0.4) is 0 Å². The van der Waals surface area contributed by atoms with Crippen LogP contribution in [0, 0.1) is 6.92 Å². The molecule has 0 spiro atoms. The van der Waals surface area contributed by atoms with Crippen LogP contribution in [0.2, 0.25) is 0 Å². The highest BCUT2D eigenvalue weighted by Gasteiger charge is 2.16. The smallest absolute Gasteiger partial charge is 0.0397 e. The standard InChI is InChI=1S/C20H25N3/c1-17-4-3-5-19(14-17)15-18(2)16-22-10-12-23(13-11-22)20-6-8-21-9-7-20/h3-9,14-15H,10-13,16H2,1-2H3/b18-15+. The summed E-state index contributed by atoms with van der Waals surface area (Å²) in [5, 5.41) is 0. The van der Waals surface area contributed by atoms with Crippen molar-refractivity contribution in [1.82, 2.24) is 9.88 Å². The van der Waals surface area contributed by atoms with Crippen LogP contribution >= 0.6 is 0 Å². The van der Waals surface area contributed by atoms with Crippen LogP contribution < -0.4 is 4.90 Å². The lowest BCUT2D eigenvalue weighted by atomic mass is 10.1. The molecule has 1 aliphatic rings. The van der Waals surface area contributed by atoms with Crippen molar-refractivity contribution in [3.05, 3.63) is 65.5 Å². The minimum Gasteiger partial charge on any atom is -0.369 e. The molecule has 0 amide bonds. The minimum atomic E-state index is 1.05. The zero-order chi connectivity index (χ0) is 16.1. The molecule has 1 fully saturated rings. The minimum absolute atomic E-state index is 1.05. The third kappa shape index (κ3) is 4.42. The van der Waals surface area contributed by atoms with Gasteiger partial charge >= 0.3 is 0 Å². The van der Waals surface area contributed by atoms with E-state index in [4.69, 9.17) is 0 Å². The van der Waals surface area contributed by atoms with Gasteiger partial charge in [-0.3, -0.25) is 9.88 Å². The summed E-state index contributed by atoms with van der Waals surface area (Å²) >= 11 is 0. The topological polar surface area (TPSA) is 19.4 Å². The molecule has 2 aromatic rings. The van der Waals surface area contributed by atoms with Crippen molar-refractivity contribution in [2.45, 2.75) is 13.8 Å². The molecule has 3 rings (SSSR count). The summed E-state index contributed by atoms with van der Waals surface area (Å²) in [4.78, 5) is 9.08. The molecule has 1 aromatic heterocycles. The zero-order valence-electron chi connectivity index (χ0n) is 14.1. The van der Waals surface area contributed by atoms with Gasteiger partial charge in [0.2, 0.25) is 0 Å². The van der Waals surface area contributed by atoms with E-state index < -0.39 is 0 Å². The summed E-state index contributed by atoms with van der Waals surface area (Å²) in [6.07, 6.45) is 6.05. The van der Waals surface area contributed by atoms with E-state index in [1.54, 1.807) is 0 Å². The van der Waals surface area contributed by atoms with Crippen LogP contribution in [0.1, 0.15) is 18.1 Å². The molecular weight excluding hydrogens is 282 g/mol. The first-order valence-electron chi connectivity index (χ1n) is 8.32. The summed E-state index contributed by atoms with van der Waals surface area (Å²) in [6, 6.07) is 12.9. The lowest BCUT2D eigenvalue weighted by Gasteiger charge is -2.36. The first-order chi connectivity index (χ1) is 11.2. The zero-order valence-corrected chi connectivity index (χ0v) is 14.1. The molecule has 0 atom stereocenters. The second kappa shape index (κ2) is 7.42. The van der Waals surface area contributed by atoms with E-state index in [9.17, 15) is 0 Å². The number of hydrogen-bond acceptors (Lipinski definition) is 3. The molecule has 0 aliphatic carbocycles. The summed E-state index contributed by atoms with van der Waals surface area (Å²) in [6.45, 7) is 9.83. The van der Waals surface area contributed by atoms with Crippen molar-refractivity contribution < 1.29 is 0 Å². The van der Waals surface area contributed by atoms with Crippen molar-refractivity contribution in [1.29, 1.82) is 0 Å². The Hall–Kier alpha value is -2.13. The molecule has 0 N–H and O–H groups in total. The van der Waals surface area contributed by atoms with E-state index in [2.05, 4.69) is 71.1 Å². The molecular formula is C20H25N3. The number of anilines is 1. The number of benzene rings is 1. The summed E-state index contributed by atoms with van der Waals surface area (Å²) in [7, 11) is 0. The summed E-state index contributed by atoms with van der Waals surface area (Å²) < 4.78 is 0. The van der Waals surface area contributed by atoms with Crippen LogP contribution in [0.5, 0.6) is 0 Å². The molecule has 0 saturated carbocycles. The molecule has 1 aliphatic heterocycles. The molecule has 0 bridgehead atoms. The van der Waals surface area contributed by atoms with E-state index in [1.165, 1.54) is 22.4 Å². The van der Waals surface area contributed by atoms with Crippen LogP contribution in [-0.4, -0.2) is 42.6 Å². The van der Waals surface area contributed by atoms with Gasteiger partial charge in [-0.2, -0.15) is 0 Å². The molecule has 0 radical (unpaired) electrons. The van der Waals surface area contributed by atoms with Crippen molar-refractivity contribution >= 4 is 11.8 Å². The van der Waals surface area contributed by atoms with Crippen LogP contribution in [0.15, 0.2) is 54.4 Å². The van der Waals surface area contributed by atoms with Crippen LogP contribution in [0.4, 0.5) is 5.69 Å². The van der Waals surface area contributed by atoms with Gasteiger partial charge in [0.15, 0.2) is 0 Å². The maximum atomic E-state index is 4.10. The van der Waals surface area contributed by atoms with E-state index in [0.717, 1.165) is 32.7 Å². The van der Waals surface area contributed by atoms with Crippen molar-refractivity contribution in [3.8, 4) is 0 Å². The van der Waals surface area contributed by atoms with Crippen molar-refractivity contribution in [3.63, 3.8) is 0 Å². The molecule has 3 nitrogen and oxygen atoms in total. The first kappa shape index (κ1) is 15.8. The largest absolute Gasteiger partial charge is 0.369 e. The molecule has 23 heavy (non-hydrogen) atoms. The Morgan fingerprint density at radius 1 is 1.09 bits per heavy atom. The Labute approximate surface area is 139 Å². The lowest BCUT2D eigenvalue weighted by molar-refractivity contribution is 0.279. The summed E-state index contributed by atoms with van der Waals surface area (Å²) in [5.74, 6) is 0. The van der Waals surface area contributed by atoms with Gasteiger partial charge in [-0.05, 0) is 31.5 Å². The van der Waals surface area contributed by atoms with Gasteiger partial charge in [0.05, 0.1) is 0 Å². The van der Waals surface area contributed by atoms with Gasteiger partial charge in [-0.1, -0.05) is 41.5 Å². The first-order valence-corrected chi connectivity index (χ1v) is 8.32. The van der Waals surface area contributed by atoms with E-state index in [0.29, 0.717) is 0 Å². The molecule has 1 aromatic carbocycles. The van der Waals surface area contributed by atoms with Gasteiger partial charge in [-0.25, -0.2) is 0 Å². The molecule has 120 valence electrons. The van der Waals surface area contributed by atoms with Gasteiger partial charge in [0.1, 0.15) is 0 Å². The van der Waals surface area contributed by atoms with Crippen LogP contribution in [0.25, 0.3) is 6.08 Å². The van der Waals surface area contributed by atoms with Crippen molar-refractivity contribution in [2.75, 3.05) is 37.6 Å². The number of hydrogen-bond donors (Lipinski definition) is 0. The maximum absolute atomic E-state index is 4.10. The predicted octanol–water partition coefficient (Wildman–Crippen LogP) is 3.62. The highest BCUT2D eigenvalue weighted by Crippen LogP contribution is 2.16. The molecule has 1 saturated heterocycles. The predicted molar refractivity (Wildman–Crippen MR) is 97.7 cm³/mol. The van der Waals surface area contributed by atoms with Gasteiger partial charge in [0, 0.05) is 50.8 Å². The molecule has 0 unspecified atom stereocenters. The fourth-order valence-electron chi connectivity index (χ4n) is 3.16. The van der Waals surface area contributed by atoms with Gasteiger partial charge in [-0.15, -0.1) is 0 Å². The number of pyridine rings is 1. The average Bonchev–Trinajstić information content (AvgIpc) is 2.56. The molecule has 3 heteroatoms. The normalized spacial score (nSPS) is 16.6. The second-order valence-corrected chi connectivity index (χ2v) is 6.37. The maximum Gasteiger partial charge on any atom is 0.0397 e. The Morgan fingerprint density at radius 2 is 1.83 bits per heavy atom. The lowest BCUT2D eigenvalue weighted by Crippen LogP contribution is -2.46. The quantitative estimate of drug-likeness (QED) is 0.860. The van der Waals surface area contributed by atoms with Gasteiger partial charge < -0.3 is 4.90 Å². The number of rotatable bonds is 4. The van der Waals surface area contributed by atoms with Gasteiger partial charge in [0.25, 0.3) is 0 Å². The number of piperazine rings is 1. The Kier molecular flexibility index (Phi) is 5.09. The van der Waals surface area contributed by atoms with Crippen LogP contribution in [-0.2, 0) is 0 Å².